The molecule has 1 atom stereocenters. The number of aliphatic hydroxyl groups is 1. The molecule has 0 aliphatic carbocycles. The number of carbonyl (C=O) groups excluding carboxylic acids is 1. The highest BCUT2D eigenvalue weighted by atomic mass is 32.1. The van der Waals surface area contributed by atoms with E-state index < -0.39 is 6.10 Å². The first kappa shape index (κ1) is 19.5. The maximum atomic E-state index is 13.3. The number of carbonyl (C=O) groups is 1. The van der Waals surface area contributed by atoms with Crippen molar-refractivity contribution in [3.05, 3.63) is 53.1 Å². The van der Waals surface area contributed by atoms with E-state index in [4.69, 9.17) is 9.26 Å². The second-order valence-electron chi connectivity index (χ2n) is 6.87. The Morgan fingerprint density at radius 1 is 1.21 bits per heavy atom. The molecule has 8 heteroatoms. The average Bonchev–Trinajstić information content (AvgIpc) is 3.43. The summed E-state index contributed by atoms with van der Waals surface area (Å²) in [4.78, 5) is 18.2. The fraction of sp³-hybridized carbons (Fsp3) is 0.333. The van der Waals surface area contributed by atoms with E-state index in [9.17, 15) is 9.90 Å². The molecule has 2 aromatic heterocycles. The molecule has 0 saturated carbocycles. The highest BCUT2D eigenvalue weighted by Crippen LogP contribution is 2.33. The Hall–Kier alpha value is -2.84. The van der Waals surface area contributed by atoms with Crippen LogP contribution in [0.3, 0.4) is 0 Å². The average molecular weight is 413 g/mol. The molecule has 0 spiro atoms. The van der Waals surface area contributed by atoms with Gasteiger partial charge in [-0.25, -0.2) is 0 Å². The summed E-state index contributed by atoms with van der Waals surface area (Å²) >= 11 is 1.48. The molecular weight excluding hydrogens is 390 g/mol. The Morgan fingerprint density at radius 2 is 1.97 bits per heavy atom. The number of methoxy groups -OCH3 is 1. The molecule has 1 aliphatic heterocycles. The standard InChI is InChI=1S/C21H23N3O4S/c1-14(25)20-18(19(22-28-20)17-8-5-13-29-17)21(26)24-11-9-23(10-12-24)15-6-3-4-7-16(15)27-2/h3-8,13-14,25H,9-12H2,1-2H3. The summed E-state index contributed by atoms with van der Waals surface area (Å²) in [5.41, 5.74) is 1.87. The van der Waals surface area contributed by atoms with Gasteiger partial charge in [0.15, 0.2) is 5.76 Å². The lowest BCUT2D eigenvalue weighted by molar-refractivity contribution is 0.0735. The summed E-state index contributed by atoms with van der Waals surface area (Å²) in [6.07, 6.45) is -0.912. The molecule has 0 bridgehead atoms. The van der Waals surface area contributed by atoms with Crippen molar-refractivity contribution >= 4 is 22.9 Å². The smallest absolute Gasteiger partial charge is 0.260 e. The van der Waals surface area contributed by atoms with Crippen LogP contribution in [0.1, 0.15) is 29.1 Å². The Balaban J connectivity index is 1.55. The second kappa shape index (κ2) is 8.26. The first-order valence-electron chi connectivity index (χ1n) is 9.49. The van der Waals surface area contributed by atoms with E-state index in [2.05, 4.69) is 10.1 Å². The minimum Gasteiger partial charge on any atom is -0.495 e. The highest BCUT2D eigenvalue weighted by molar-refractivity contribution is 7.13. The number of hydrogen-bond acceptors (Lipinski definition) is 7. The van der Waals surface area contributed by atoms with E-state index in [1.54, 1.807) is 18.9 Å². The van der Waals surface area contributed by atoms with Crippen LogP contribution in [0.5, 0.6) is 5.75 Å². The van der Waals surface area contributed by atoms with E-state index in [0.717, 1.165) is 16.3 Å². The van der Waals surface area contributed by atoms with Gasteiger partial charge in [0.25, 0.3) is 5.91 Å². The summed E-state index contributed by atoms with van der Waals surface area (Å²) in [6.45, 7) is 4.08. The zero-order valence-electron chi connectivity index (χ0n) is 16.4. The van der Waals surface area contributed by atoms with Gasteiger partial charge in [0.05, 0.1) is 17.7 Å². The number of aromatic nitrogens is 1. The van der Waals surface area contributed by atoms with Crippen molar-refractivity contribution < 1.29 is 19.2 Å². The summed E-state index contributed by atoms with van der Waals surface area (Å²) in [7, 11) is 1.66. The molecule has 1 N–H and O–H groups in total. The number of para-hydroxylation sites is 2. The van der Waals surface area contributed by atoms with Crippen molar-refractivity contribution in [2.45, 2.75) is 13.0 Å². The predicted molar refractivity (Wildman–Crippen MR) is 112 cm³/mol. The van der Waals surface area contributed by atoms with Gasteiger partial charge in [-0.15, -0.1) is 11.3 Å². The third kappa shape index (κ3) is 3.73. The van der Waals surface area contributed by atoms with Crippen LogP contribution in [-0.4, -0.2) is 54.4 Å². The molecule has 1 fully saturated rings. The number of rotatable bonds is 5. The molecule has 1 aromatic carbocycles. The monoisotopic (exact) mass is 413 g/mol. The molecule has 1 aliphatic rings. The van der Waals surface area contributed by atoms with Crippen LogP contribution in [0.15, 0.2) is 46.3 Å². The fourth-order valence-corrected chi connectivity index (χ4v) is 4.29. The first-order valence-corrected chi connectivity index (χ1v) is 10.4. The normalized spacial score (nSPS) is 15.4. The lowest BCUT2D eigenvalue weighted by Crippen LogP contribution is -2.49. The minimum absolute atomic E-state index is 0.162. The number of piperazine rings is 1. The molecule has 0 radical (unpaired) electrons. The number of thiophene rings is 1. The number of amides is 1. The van der Waals surface area contributed by atoms with Gasteiger partial charge < -0.3 is 24.2 Å². The van der Waals surface area contributed by atoms with Crippen LogP contribution in [0.4, 0.5) is 5.69 Å². The summed E-state index contributed by atoms with van der Waals surface area (Å²) in [5, 5.41) is 16.1. The number of hydrogen-bond donors (Lipinski definition) is 1. The number of anilines is 1. The van der Waals surface area contributed by atoms with Crippen molar-refractivity contribution in [1.29, 1.82) is 0 Å². The van der Waals surface area contributed by atoms with Gasteiger partial charge >= 0.3 is 0 Å². The number of nitrogens with zero attached hydrogens (tertiary/aromatic N) is 3. The Labute approximate surface area is 173 Å². The molecule has 7 nitrogen and oxygen atoms in total. The Morgan fingerprint density at radius 3 is 2.62 bits per heavy atom. The van der Waals surface area contributed by atoms with Crippen LogP contribution < -0.4 is 9.64 Å². The molecule has 1 saturated heterocycles. The molecule has 3 aromatic rings. The van der Waals surface area contributed by atoms with Crippen LogP contribution in [0.25, 0.3) is 10.6 Å². The molecule has 1 unspecified atom stereocenters. The third-order valence-corrected chi connectivity index (χ3v) is 5.94. The van der Waals surface area contributed by atoms with E-state index in [1.807, 2.05) is 41.8 Å². The van der Waals surface area contributed by atoms with Gasteiger partial charge in [-0.05, 0) is 30.5 Å². The van der Waals surface area contributed by atoms with Crippen molar-refractivity contribution in [3.63, 3.8) is 0 Å². The van der Waals surface area contributed by atoms with Crippen molar-refractivity contribution in [1.82, 2.24) is 10.1 Å². The lowest BCUT2D eigenvalue weighted by atomic mass is 10.1. The van der Waals surface area contributed by atoms with Crippen LogP contribution in [0, 0.1) is 0 Å². The molecule has 4 rings (SSSR count). The molecule has 152 valence electrons. The second-order valence-corrected chi connectivity index (χ2v) is 7.82. The van der Waals surface area contributed by atoms with Gasteiger partial charge in [0, 0.05) is 26.2 Å². The van der Waals surface area contributed by atoms with Crippen LogP contribution in [-0.2, 0) is 0 Å². The maximum absolute atomic E-state index is 13.3. The number of benzene rings is 1. The summed E-state index contributed by atoms with van der Waals surface area (Å²) in [6, 6.07) is 11.7. The van der Waals surface area contributed by atoms with Crippen molar-refractivity contribution in [2.75, 3.05) is 38.2 Å². The van der Waals surface area contributed by atoms with Crippen LogP contribution >= 0.6 is 11.3 Å². The fourth-order valence-electron chi connectivity index (χ4n) is 3.58. The number of ether oxygens (including phenoxy) is 1. The predicted octanol–water partition coefficient (Wildman–Crippen LogP) is 3.43. The van der Waals surface area contributed by atoms with Gasteiger partial charge in [-0.1, -0.05) is 23.4 Å². The van der Waals surface area contributed by atoms with Crippen molar-refractivity contribution in [3.8, 4) is 16.3 Å². The molecular formula is C21H23N3O4S. The molecule has 29 heavy (non-hydrogen) atoms. The van der Waals surface area contributed by atoms with Gasteiger partial charge in [0.2, 0.25) is 0 Å². The zero-order valence-corrected chi connectivity index (χ0v) is 17.2. The largest absolute Gasteiger partial charge is 0.495 e. The minimum atomic E-state index is -0.912. The SMILES string of the molecule is COc1ccccc1N1CCN(C(=O)c2c(-c3cccs3)noc2C(C)O)CC1. The Kier molecular flexibility index (Phi) is 5.55. The van der Waals surface area contributed by atoms with Crippen LogP contribution in [0.2, 0.25) is 0 Å². The summed E-state index contributed by atoms with van der Waals surface area (Å²) in [5.74, 6) is 0.874. The summed E-state index contributed by atoms with van der Waals surface area (Å²) < 4.78 is 10.8. The Bertz CT molecular complexity index is 976. The maximum Gasteiger partial charge on any atom is 0.260 e. The van der Waals surface area contributed by atoms with E-state index >= 15 is 0 Å². The highest BCUT2D eigenvalue weighted by Gasteiger charge is 2.32. The zero-order chi connectivity index (χ0) is 20.4. The molecule has 3 heterocycles. The lowest BCUT2D eigenvalue weighted by Gasteiger charge is -2.36. The van der Waals surface area contributed by atoms with Gasteiger partial charge in [0.1, 0.15) is 23.1 Å². The third-order valence-electron chi connectivity index (χ3n) is 5.06. The van der Waals surface area contributed by atoms with E-state index in [-0.39, 0.29) is 11.7 Å². The van der Waals surface area contributed by atoms with Gasteiger partial charge in [-0.2, -0.15) is 0 Å². The van der Waals surface area contributed by atoms with Crippen molar-refractivity contribution in [2.24, 2.45) is 0 Å². The van der Waals surface area contributed by atoms with E-state index in [0.29, 0.717) is 37.4 Å². The van der Waals surface area contributed by atoms with E-state index in [1.165, 1.54) is 11.3 Å². The quantitative estimate of drug-likeness (QED) is 0.690. The first-order chi connectivity index (χ1) is 14.1. The number of aliphatic hydroxyl groups excluding tert-OH is 1. The molecule has 1 amide bonds. The van der Waals surface area contributed by atoms with Gasteiger partial charge in [-0.3, -0.25) is 4.79 Å². The topological polar surface area (TPSA) is 79.0 Å².